The largest absolute Gasteiger partial charge is 0.393 e. The molecule has 7 nitrogen and oxygen atoms in total. The molecule has 2 fully saturated rings. The summed E-state index contributed by atoms with van der Waals surface area (Å²) in [6, 6.07) is 11.0. The molecule has 0 amide bonds. The van der Waals surface area contributed by atoms with Gasteiger partial charge in [0.05, 0.1) is 11.6 Å². The number of nitrogens with zero attached hydrogens (tertiary/aromatic N) is 4. The van der Waals surface area contributed by atoms with Crippen LogP contribution < -0.4 is 15.5 Å². The van der Waals surface area contributed by atoms with Crippen LogP contribution in [0, 0.1) is 0 Å². The first-order valence-corrected chi connectivity index (χ1v) is 10.6. The molecule has 2 aromatic heterocycles. The molecule has 1 aromatic carbocycles. The van der Waals surface area contributed by atoms with Gasteiger partial charge in [-0.05, 0) is 49.9 Å². The number of benzene rings is 1. The van der Waals surface area contributed by atoms with Gasteiger partial charge in [0.2, 0.25) is 5.95 Å². The van der Waals surface area contributed by atoms with Gasteiger partial charge in [0.25, 0.3) is 0 Å². The lowest BCUT2D eigenvalue weighted by atomic mass is 9.93. The summed E-state index contributed by atoms with van der Waals surface area (Å²) in [5.74, 6) is 1.52. The highest BCUT2D eigenvalue weighted by atomic mass is 16.3. The molecule has 0 atom stereocenters. The molecule has 0 radical (unpaired) electrons. The molecule has 0 unspecified atom stereocenters. The normalized spacial score (nSPS) is 22.7. The molecule has 1 saturated carbocycles. The van der Waals surface area contributed by atoms with Crippen LogP contribution in [-0.4, -0.2) is 58.0 Å². The predicted molar refractivity (Wildman–Crippen MR) is 116 cm³/mol. The van der Waals surface area contributed by atoms with E-state index >= 15 is 0 Å². The van der Waals surface area contributed by atoms with Gasteiger partial charge in [-0.3, -0.25) is 0 Å². The molecule has 1 aliphatic carbocycles. The van der Waals surface area contributed by atoms with Crippen molar-refractivity contribution in [1.29, 1.82) is 0 Å². The zero-order valence-electron chi connectivity index (χ0n) is 16.6. The molecule has 152 valence electrons. The number of fused-ring (bicyclic) bond motifs is 1. The summed E-state index contributed by atoms with van der Waals surface area (Å²) in [5.41, 5.74) is 2.45. The van der Waals surface area contributed by atoms with Crippen LogP contribution in [0.2, 0.25) is 0 Å². The average Bonchev–Trinajstić information content (AvgIpc) is 3.21. The summed E-state index contributed by atoms with van der Waals surface area (Å²) >= 11 is 0. The van der Waals surface area contributed by atoms with Gasteiger partial charge < -0.3 is 25.2 Å². The second kappa shape index (κ2) is 8.00. The number of hydrogen-bond acceptors (Lipinski definition) is 6. The predicted octanol–water partition coefficient (Wildman–Crippen LogP) is 2.55. The molecule has 3 heterocycles. The van der Waals surface area contributed by atoms with Gasteiger partial charge in [-0.15, -0.1) is 0 Å². The second-order valence-corrected chi connectivity index (χ2v) is 8.02. The fourth-order valence-corrected chi connectivity index (χ4v) is 4.49. The topological polar surface area (TPSA) is 78.2 Å². The van der Waals surface area contributed by atoms with Gasteiger partial charge in [0, 0.05) is 55.7 Å². The standard InChI is InChI=1S/C22H28N6O/c29-17-6-4-16(5-7-17)25-22-24-10-8-21(26-22)28-13-9-18-19(2-1-3-20(18)28)27-14-11-23-12-15-27/h1-3,8-10,13,16-17,23,29H,4-7,11-12,14-15H2,(H,24,25,26). The summed E-state index contributed by atoms with van der Waals surface area (Å²) in [6.07, 6.45) is 7.34. The van der Waals surface area contributed by atoms with Crippen molar-refractivity contribution in [3.8, 4) is 5.82 Å². The third-order valence-corrected chi connectivity index (χ3v) is 6.09. The van der Waals surface area contributed by atoms with Gasteiger partial charge >= 0.3 is 0 Å². The molecular weight excluding hydrogens is 364 g/mol. The van der Waals surface area contributed by atoms with Crippen molar-refractivity contribution in [3.63, 3.8) is 0 Å². The Hall–Kier alpha value is -2.64. The summed E-state index contributed by atoms with van der Waals surface area (Å²) in [6.45, 7) is 4.11. The average molecular weight is 393 g/mol. The Bertz CT molecular complexity index is 972. The van der Waals surface area contributed by atoms with Crippen LogP contribution in [0.4, 0.5) is 11.6 Å². The Labute approximate surface area is 170 Å². The zero-order valence-corrected chi connectivity index (χ0v) is 16.6. The van der Waals surface area contributed by atoms with Crippen molar-refractivity contribution in [2.24, 2.45) is 0 Å². The van der Waals surface area contributed by atoms with Crippen LogP contribution in [-0.2, 0) is 0 Å². The molecule has 1 saturated heterocycles. The van der Waals surface area contributed by atoms with E-state index in [4.69, 9.17) is 4.98 Å². The van der Waals surface area contributed by atoms with Gasteiger partial charge in [-0.2, -0.15) is 4.98 Å². The summed E-state index contributed by atoms with van der Waals surface area (Å²) < 4.78 is 2.14. The van der Waals surface area contributed by atoms with Crippen LogP contribution in [0.15, 0.2) is 42.7 Å². The third kappa shape index (κ3) is 3.80. The lowest BCUT2D eigenvalue weighted by Gasteiger charge is -2.30. The second-order valence-electron chi connectivity index (χ2n) is 8.02. The van der Waals surface area contributed by atoms with Crippen molar-refractivity contribution >= 4 is 22.5 Å². The van der Waals surface area contributed by atoms with Crippen molar-refractivity contribution in [1.82, 2.24) is 19.9 Å². The first-order valence-electron chi connectivity index (χ1n) is 10.6. The SMILES string of the molecule is OC1CCC(Nc2nccc(-n3ccc4c(N5CCNCC5)cccc43)n2)CC1. The fourth-order valence-electron chi connectivity index (χ4n) is 4.49. The van der Waals surface area contributed by atoms with Crippen LogP contribution >= 0.6 is 0 Å². The van der Waals surface area contributed by atoms with E-state index in [9.17, 15) is 5.11 Å². The first-order chi connectivity index (χ1) is 14.3. The van der Waals surface area contributed by atoms with E-state index in [0.29, 0.717) is 12.0 Å². The van der Waals surface area contributed by atoms with E-state index in [1.807, 2.05) is 12.3 Å². The van der Waals surface area contributed by atoms with E-state index in [-0.39, 0.29) is 6.10 Å². The third-order valence-electron chi connectivity index (χ3n) is 6.09. The number of anilines is 2. The highest BCUT2D eigenvalue weighted by Gasteiger charge is 2.20. The molecule has 3 N–H and O–H groups in total. The minimum absolute atomic E-state index is 0.156. The summed E-state index contributed by atoms with van der Waals surface area (Å²) in [4.78, 5) is 11.6. The maximum Gasteiger partial charge on any atom is 0.224 e. The van der Waals surface area contributed by atoms with E-state index < -0.39 is 0 Å². The molecule has 0 bridgehead atoms. The Kier molecular flexibility index (Phi) is 5.08. The van der Waals surface area contributed by atoms with Crippen molar-refractivity contribution in [2.75, 3.05) is 36.4 Å². The molecular formula is C22H28N6O. The van der Waals surface area contributed by atoms with E-state index in [1.54, 1.807) is 0 Å². The molecule has 1 aliphatic heterocycles. The van der Waals surface area contributed by atoms with Gasteiger partial charge in [-0.25, -0.2) is 4.98 Å². The van der Waals surface area contributed by atoms with Crippen LogP contribution in [0.1, 0.15) is 25.7 Å². The molecule has 5 rings (SSSR count). The van der Waals surface area contributed by atoms with Gasteiger partial charge in [-0.1, -0.05) is 6.07 Å². The zero-order chi connectivity index (χ0) is 19.6. The molecule has 0 spiro atoms. The highest BCUT2D eigenvalue weighted by molar-refractivity contribution is 5.94. The number of hydrogen-bond donors (Lipinski definition) is 3. The van der Waals surface area contributed by atoms with Gasteiger partial charge in [0.1, 0.15) is 5.82 Å². The molecule has 29 heavy (non-hydrogen) atoms. The van der Waals surface area contributed by atoms with Gasteiger partial charge in [0.15, 0.2) is 0 Å². The van der Waals surface area contributed by atoms with Crippen LogP contribution in [0.5, 0.6) is 0 Å². The lowest BCUT2D eigenvalue weighted by Crippen LogP contribution is -2.43. The minimum atomic E-state index is -0.156. The van der Waals surface area contributed by atoms with E-state index in [1.165, 1.54) is 11.1 Å². The Morgan fingerprint density at radius 1 is 1.03 bits per heavy atom. The number of aliphatic hydroxyl groups is 1. The number of piperazine rings is 1. The van der Waals surface area contributed by atoms with Crippen molar-refractivity contribution in [3.05, 3.63) is 42.7 Å². The van der Waals surface area contributed by atoms with Crippen molar-refractivity contribution < 1.29 is 5.11 Å². The smallest absolute Gasteiger partial charge is 0.224 e. The van der Waals surface area contributed by atoms with E-state index in [0.717, 1.165) is 63.2 Å². The Morgan fingerprint density at radius 3 is 2.69 bits per heavy atom. The highest BCUT2D eigenvalue weighted by Crippen LogP contribution is 2.30. The first kappa shape index (κ1) is 18.4. The molecule has 3 aromatic rings. The monoisotopic (exact) mass is 392 g/mol. The Morgan fingerprint density at radius 2 is 1.86 bits per heavy atom. The number of aromatic nitrogens is 3. The summed E-state index contributed by atoms with van der Waals surface area (Å²) in [7, 11) is 0. The molecule has 2 aliphatic rings. The van der Waals surface area contributed by atoms with Crippen molar-refractivity contribution in [2.45, 2.75) is 37.8 Å². The lowest BCUT2D eigenvalue weighted by molar-refractivity contribution is 0.126. The number of nitrogens with one attached hydrogen (secondary N) is 2. The minimum Gasteiger partial charge on any atom is -0.393 e. The Balaban J connectivity index is 1.42. The molecule has 7 heteroatoms. The summed E-state index contributed by atoms with van der Waals surface area (Å²) in [5, 5.41) is 17.8. The number of aliphatic hydroxyl groups excluding tert-OH is 1. The maximum absolute atomic E-state index is 9.71. The maximum atomic E-state index is 9.71. The van der Waals surface area contributed by atoms with E-state index in [2.05, 4.69) is 55.5 Å². The quantitative estimate of drug-likeness (QED) is 0.633. The van der Waals surface area contributed by atoms with Crippen LogP contribution in [0.25, 0.3) is 16.7 Å². The fraction of sp³-hybridized carbons (Fsp3) is 0.455. The van der Waals surface area contributed by atoms with Crippen LogP contribution in [0.3, 0.4) is 0 Å². The number of rotatable bonds is 4.